The van der Waals surface area contributed by atoms with Crippen molar-refractivity contribution < 1.29 is 23.3 Å². The standard InChI is InChI=1S/C17H19OSi.Li/c1-4-17(2,3)18-19(15-11-7-5-8-12-15)16-13-9-6-10-14-16;/h4-14H,1H2,2-3H3;/q-1;+1. The molecule has 3 heteroatoms. The maximum atomic E-state index is 6.34. The third-order valence-corrected chi connectivity index (χ3v) is 5.37. The molecule has 0 radical (unpaired) electrons. The summed E-state index contributed by atoms with van der Waals surface area (Å²) >= 11 is 0. The van der Waals surface area contributed by atoms with Gasteiger partial charge in [-0.3, -0.25) is 0 Å². The third-order valence-electron chi connectivity index (χ3n) is 2.93. The van der Waals surface area contributed by atoms with Crippen molar-refractivity contribution in [3.05, 3.63) is 73.3 Å². The Kier molecular flexibility index (Phi) is 6.51. The summed E-state index contributed by atoms with van der Waals surface area (Å²) in [4.78, 5) is 0. The molecule has 2 aromatic rings. The molecule has 0 bridgehead atoms. The van der Waals surface area contributed by atoms with Gasteiger partial charge < -0.3 is 4.43 Å². The zero-order chi connectivity index (χ0) is 13.7. The van der Waals surface area contributed by atoms with E-state index < -0.39 is 9.04 Å². The molecule has 0 spiro atoms. The minimum Gasteiger partial charge on any atom is -0.552 e. The Labute approximate surface area is 135 Å². The fourth-order valence-electron chi connectivity index (χ4n) is 1.77. The predicted molar refractivity (Wildman–Crippen MR) is 83.3 cm³/mol. The molecule has 0 saturated heterocycles. The van der Waals surface area contributed by atoms with Crippen molar-refractivity contribution in [3.8, 4) is 0 Å². The van der Waals surface area contributed by atoms with E-state index in [1.165, 1.54) is 10.4 Å². The van der Waals surface area contributed by atoms with Crippen molar-refractivity contribution in [3.63, 3.8) is 0 Å². The van der Waals surface area contributed by atoms with Crippen LogP contribution in [0, 0.1) is 0 Å². The van der Waals surface area contributed by atoms with Gasteiger partial charge in [-0.05, 0) is 13.8 Å². The Morgan fingerprint density at radius 2 is 1.30 bits per heavy atom. The molecule has 0 aliphatic rings. The molecule has 0 unspecified atom stereocenters. The van der Waals surface area contributed by atoms with Gasteiger partial charge >= 0.3 is 18.9 Å². The van der Waals surface area contributed by atoms with Gasteiger partial charge in [0, 0.05) is 5.60 Å². The van der Waals surface area contributed by atoms with Crippen LogP contribution in [0.1, 0.15) is 13.8 Å². The normalized spacial score (nSPS) is 10.5. The average molecular weight is 274 g/mol. The van der Waals surface area contributed by atoms with Crippen LogP contribution < -0.4 is 29.2 Å². The summed E-state index contributed by atoms with van der Waals surface area (Å²) in [5.74, 6) is 0. The van der Waals surface area contributed by atoms with Gasteiger partial charge in [0.05, 0.1) is 0 Å². The fourth-order valence-corrected chi connectivity index (χ4v) is 3.94. The SMILES string of the molecule is C=CC(C)(C)O[Si-](c1ccccc1)c1ccccc1.[Li+]. The zero-order valence-corrected chi connectivity index (χ0v) is 13.5. The van der Waals surface area contributed by atoms with E-state index >= 15 is 0 Å². The zero-order valence-electron chi connectivity index (χ0n) is 12.5. The second-order valence-corrected chi connectivity index (χ2v) is 6.99. The smallest absolute Gasteiger partial charge is 0.552 e. The van der Waals surface area contributed by atoms with Gasteiger partial charge in [0.15, 0.2) is 0 Å². The van der Waals surface area contributed by atoms with Crippen LogP contribution in [-0.4, -0.2) is 14.6 Å². The van der Waals surface area contributed by atoms with Gasteiger partial charge in [-0.1, -0.05) is 66.7 Å². The molecule has 20 heavy (non-hydrogen) atoms. The van der Waals surface area contributed by atoms with E-state index in [-0.39, 0.29) is 24.5 Å². The molecule has 0 heterocycles. The molecule has 0 aliphatic carbocycles. The van der Waals surface area contributed by atoms with Crippen LogP contribution in [0.25, 0.3) is 0 Å². The first-order valence-electron chi connectivity index (χ1n) is 6.43. The van der Waals surface area contributed by atoms with Gasteiger partial charge in [0.2, 0.25) is 0 Å². The minimum absolute atomic E-state index is 0. The first-order valence-corrected chi connectivity index (χ1v) is 7.83. The van der Waals surface area contributed by atoms with Crippen LogP contribution in [0.2, 0.25) is 0 Å². The largest absolute Gasteiger partial charge is 1.00 e. The van der Waals surface area contributed by atoms with Crippen LogP contribution in [-0.2, 0) is 4.43 Å². The number of rotatable bonds is 5. The molecule has 2 rings (SSSR count). The van der Waals surface area contributed by atoms with Gasteiger partial charge in [-0.2, -0.15) is 10.4 Å². The molecular weight excluding hydrogens is 255 g/mol. The van der Waals surface area contributed by atoms with Crippen LogP contribution in [0.5, 0.6) is 0 Å². The molecule has 0 aliphatic heterocycles. The first-order chi connectivity index (χ1) is 9.12. The Hall–Kier alpha value is -1.05. The second kappa shape index (κ2) is 7.66. The number of benzene rings is 2. The molecule has 0 aromatic heterocycles. The number of hydrogen-bond acceptors (Lipinski definition) is 1. The summed E-state index contributed by atoms with van der Waals surface area (Å²) in [5.41, 5.74) is -0.319. The topological polar surface area (TPSA) is 9.23 Å². The summed E-state index contributed by atoms with van der Waals surface area (Å²) in [6.07, 6.45) is 1.86. The first kappa shape index (κ1) is 17.0. The molecule has 0 amide bonds. The Morgan fingerprint density at radius 3 is 1.65 bits per heavy atom. The van der Waals surface area contributed by atoms with E-state index in [1.807, 2.05) is 18.2 Å². The average Bonchev–Trinajstić information content (AvgIpc) is 2.47. The van der Waals surface area contributed by atoms with Crippen molar-refractivity contribution in [2.75, 3.05) is 0 Å². The summed E-state index contributed by atoms with van der Waals surface area (Å²) in [5, 5.41) is 2.52. The maximum absolute atomic E-state index is 6.34. The van der Waals surface area contributed by atoms with E-state index in [1.54, 1.807) is 0 Å². The van der Waals surface area contributed by atoms with Crippen LogP contribution in [0.3, 0.4) is 0 Å². The van der Waals surface area contributed by atoms with Crippen molar-refractivity contribution in [2.24, 2.45) is 0 Å². The second-order valence-electron chi connectivity index (χ2n) is 4.97. The third kappa shape index (κ3) is 4.50. The molecule has 0 atom stereocenters. The number of hydrogen-bond donors (Lipinski definition) is 0. The quantitative estimate of drug-likeness (QED) is 0.541. The molecule has 0 saturated carbocycles. The maximum Gasteiger partial charge on any atom is 1.00 e. The van der Waals surface area contributed by atoms with Gasteiger partial charge in [-0.25, -0.2) is 0 Å². The summed E-state index contributed by atoms with van der Waals surface area (Å²) in [7, 11) is -1.24. The molecule has 2 aromatic carbocycles. The van der Waals surface area contributed by atoms with E-state index in [4.69, 9.17) is 4.43 Å². The molecule has 98 valence electrons. The Morgan fingerprint density at radius 1 is 0.900 bits per heavy atom. The van der Waals surface area contributed by atoms with Crippen molar-refractivity contribution in [1.82, 2.24) is 0 Å². The Bertz CT molecular complexity index is 486. The Balaban J connectivity index is 0.00000200. The molecular formula is C17H19LiOSi. The fraction of sp³-hybridized carbons (Fsp3) is 0.176. The summed E-state index contributed by atoms with van der Waals surface area (Å²) < 4.78 is 6.34. The van der Waals surface area contributed by atoms with Crippen molar-refractivity contribution >= 4 is 19.4 Å². The van der Waals surface area contributed by atoms with Crippen LogP contribution in [0.4, 0.5) is 0 Å². The molecule has 0 fully saturated rings. The molecule has 0 N–H and O–H groups in total. The van der Waals surface area contributed by atoms with Gasteiger partial charge in [0.25, 0.3) is 0 Å². The van der Waals surface area contributed by atoms with Crippen LogP contribution in [0.15, 0.2) is 73.3 Å². The van der Waals surface area contributed by atoms with Gasteiger partial charge in [0.1, 0.15) is 0 Å². The van der Waals surface area contributed by atoms with Crippen LogP contribution >= 0.6 is 0 Å². The van der Waals surface area contributed by atoms with E-state index in [2.05, 4.69) is 69.0 Å². The minimum atomic E-state index is -1.24. The summed E-state index contributed by atoms with van der Waals surface area (Å²) in [6.45, 7) is 7.97. The van der Waals surface area contributed by atoms with Crippen molar-refractivity contribution in [1.29, 1.82) is 0 Å². The monoisotopic (exact) mass is 274 g/mol. The van der Waals surface area contributed by atoms with Gasteiger partial charge in [-0.15, -0.1) is 15.6 Å². The molecule has 1 nitrogen and oxygen atoms in total. The van der Waals surface area contributed by atoms with E-state index in [9.17, 15) is 0 Å². The van der Waals surface area contributed by atoms with E-state index in [0.717, 1.165) is 0 Å². The van der Waals surface area contributed by atoms with E-state index in [0.29, 0.717) is 0 Å². The predicted octanol–water partition coefficient (Wildman–Crippen LogP) is -0.222. The summed E-state index contributed by atoms with van der Waals surface area (Å²) in [6, 6.07) is 20.9. The van der Waals surface area contributed by atoms with Crippen molar-refractivity contribution in [2.45, 2.75) is 19.4 Å².